The molecule has 112 valence electrons. The SMILES string of the molecule is O=C(C1Cc2ccccc2C1)N(CC1CCCN1)C1CC1. The minimum atomic E-state index is 0.185. The van der Waals surface area contributed by atoms with Crippen molar-refractivity contribution in [2.45, 2.75) is 50.6 Å². The fourth-order valence-corrected chi connectivity index (χ4v) is 3.92. The second-order valence-electron chi connectivity index (χ2n) is 6.89. The van der Waals surface area contributed by atoms with Crippen LogP contribution in [0, 0.1) is 5.92 Å². The molecule has 1 aromatic carbocycles. The standard InChI is InChI=1S/C18H24N2O/c21-18(15-10-13-4-1-2-5-14(13)11-15)20(17-7-8-17)12-16-6-3-9-19-16/h1-2,4-5,15-17,19H,3,6-12H2. The highest BCUT2D eigenvalue weighted by Gasteiger charge is 2.39. The van der Waals surface area contributed by atoms with Crippen LogP contribution in [-0.2, 0) is 17.6 Å². The zero-order valence-electron chi connectivity index (χ0n) is 12.6. The summed E-state index contributed by atoms with van der Waals surface area (Å²) in [5.74, 6) is 0.590. The first-order valence-electron chi connectivity index (χ1n) is 8.42. The zero-order valence-corrected chi connectivity index (χ0v) is 12.6. The van der Waals surface area contributed by atoms with Crippen molar-refractivity contribution in [3.8, 4) is 0 Å². The molecule has 1 aliphatic heterocycles. The number of nitrogens with zero attached hydrogens (tertiary/aromatic N) is 1. The van der Waals surface area contributed by atoms with Gasteiger partial charge in [-0.1, -0.05) is 24.3 Å². The van der Waals surface area contributed by atoms with E-state index in [1.807, 2.05) is 0 Å². The van der Waals surface area contributed by atoms with Gasteiger partial charge in [-0.2, -0.15) is 0 Å². The molecule has 1 unspecified atom stereocenters. The molecule has 3 heteroatoms. The van der Waals surface area contributed by atoms with Crippen LogP contribution in [0.3, 0.4) is 0 Å². The van der Waals surface area contributed by atoms with Crippen molar-refractivity contribution in [3.63, 3.8) is 0 Å². The van der Waals surface area contributed by atoms with E-state index >= 15 is 0 Å². The van der Waals surface area contributed by atoms with Crippen LogP contribution in [0.15, 0.2) is 24.3 Å². The molecule has 4 rings (SSSR count). The number of amides is 1. The average molecular weight is 284 g/mol. The number of carbonyl (C=O) groups is 1. The van der Waals surface area contributed by atoms with Crippen LogP contribution in [0.25, 0.3) is 0 Å². The maximum Gasteiger partial charge on any atom is 0.226 e. The average Bonchev–Trinajstić information content (AvgIpc) is 3.04. The highest BCUT2D eigenvalue weighted by atomic mass is 16.2. The molecular formula is C18H24N2O. The van der Waals surface area contributed by atoms with Gasteiger partial charge in [0.1, 0.15) is 0 Å². The first-order valence-corrected chi connectivity index (χ1v) is 8.42. The Hall–Kier alpha value is -1.35. The summed E-state index contributed by atoms with van der Waals surface area (Å²) in [6.07, 6.45) is 6.77. The molecule has 0 spiro atoms. The Kier molecular flexibility index (Phi) is 3.46. The van der Waals surface area contributed by atoms with Crippen LogP contribution in [-0.4, -0.2) is 36.0 Å². The number of hydrogen-bond acceptors (Lipinski definition) is 2. The molecule has 0 aromatic heterocycles. The minimum absolute atomic E-state index is 0.185. The van der Waals surface area contributed by atoms with Crippen molar-refractivity contribution in [1.82, 2.24) is 10.2 Å². The predicted octanol–water partition coefficient (Wildman–Crippen LogP) is 2.14. The molecule has 3 aliphatic rings. The molecule has 1 atom stereocenters. The second kappa shape index (κ2) is 5.45. The third-order valence-corrected chi connectivity index (χ3v) is 5.25. The molecule has 1 saturated heterocycles. The Balaban J connectivity index is 1.45. The van der Waals surface area contributed by atoms with Gasteiger partial charge in [0, 0.05) is 24.5 Å². The highest BCUT2D eigenvalue weighted by molar-refractivity contribution is 5.81. The lowest BCUT2D eigenvalue weighted by atomic mass is 10.0. The van der Waals surface area contributed by atoms with Crippen LogP contribution in [0.1, 0.15) is 36.8 Å². The van der Waals surface area contributed by atoms with E-state index < -0.39 is 0 Å². The first-order chi connectivity index (χ1) is 10.3. The van der Waals surface area contributed by atoms with Gasteiger partial charge >= 0.3 is 0 Å². The maximum atomic E-state index is 13.0. The van der Waals surface area contributed by atoms with Crippen molar-refractivity contribution >= 4 is 5.91 Å². The lowest BCUT2D eigenvalue weighted by Gasteiger charge is -2.28. The molecule has 0 bridgehead atoms. The third-order valence-electron chi connectivity index (χ3n) is 5.25. The van der Waals surface area contributed by atoms with Gasteiger partial charge in [-0.25, -0.2) is 0 Å². The quantitative estimate of drug-likeness (QED) is 0.919. The van der Waals surface area contributed by atoms with E-state index in [2.05, 4.69) is 34.5 Å². The monoisotopic (exact) mass is 284 g/mol. The smallest absolute Gasteiger partial charge is 0.226 e. The lowest BCUT2D eigenvalue weighted by molar-refractivity contribution is -0.136. The number of benzene rings is 1. The van der Waals surface area contributed by atoms with Gasteiger partial charge in [0.05, 0.1) is 0 Å². The topological polar surface area (TPSA) is 32.3 Å². The second-order valence-corrected chi connectivity index (χ2v) is 6.89. The van der Waals surface area contributed by atoms with Crippen LogP contribution in [0.5, 0.6) is 0 Å². The first kappa shape index (κ1) is 13.3. The number of rotatable bonds is 4. The molecule has 2 aliphatic carbocycles. The van der Waals surface area contributed by atoms with E-state index in [4.69, 9.17) is 0 Å². The van der Waals surface area contributed by atoms with Crippen molar-refractivity contribution in [1.29, 1.82) is 0 Å². The van der Waals surface area contributed by atoms with E-state index in [0.29, 0.717) is 18.0 Å². The summed E-state index contributed by atoms with van der Waals surface area (Å²) >= 11 is 0. The summed E-state index contributed by atoms with van der Waals surface area (Å²) in [7, 11) is 0. The summed E-state index contributed by atoms with van der Waals surface area (Å²) in [6.45, 7) is 2.04. The number of carbonyl (C=O) groups excluding carboxylic acids is 1. The van der Waals surface area contributed by atoms with Gasteiger partial charge < -0.3 is 10.2 Å². The number of hydrogen-bond donors (Lipinski definition) is 1. The summed E-state index contributed by atoms with van der Waals surface area (Å²) in [6, 6.07) is 9.60. The van der Waals surface area contributed by atoms with Crippen LogP contribution in [0.4, 0.5) is 0 Å². The Bertz CT molecular complexity index is 507. The summed E-state index contributed by atoms with van der Waals surface area (Å²) < 4.78 is 0. The van der Waals surface area contributed by atoms with E-state index in [9.17, 15) is 4.79 Å². The molecular weight excluding hydrogens is 260 g/mol. The fourth-order valence-electron chi connectivity index (χ4n) is 3.92. The normalized spacial score (nSPS) is 25.0. The van der Waals surface area contributed by atoms with Crippen LogP contribution >= 0.6 is 0 Å². The zero-order chi connectivity index (χ0) is 14.2. The van der Waals surface area contributed by atoms with Crippen molar-refractivity contribution in [2.75, 3.05) is 13.1 Å². The molecule has 3 nitrogen and oxygen atoms in total. The third kappa shape index (κ3) is 2.71. The molecule has 1 saturated carbocycles. The Morgan fingerprint density at radius 1 is 1.14 bits per heavy atom. The van der Waals surface area contributed by atoms with Gasteiger partial charge in [-0.05, 0) is 56.2 Å². The molecule has 2 fully saturated rings. The molecule has 1 aromatic rings. The molecule has 21 heavy (non-hydrogen) atoms. The van der Waals surface area contributed by atoms with Crippen molar-refractivity contribution in [3.05, 3.63) is 35.4 Å². The van der Waals surface area contributed by atoms with E-state index in [1.165, 1.54) is 36.8 Å². The van der Waals surface area contributed by atoms with Gasteiger partial charge in [0.15, 0.2) is 0 Å². The van der Waals surface area contributed by atoms with Crippen LogP contribution in [0.2, 0.25) is 0 Å². The molecule has 0 radical (unpaired) electrons. The maximum absolute atomic E-state index is 13.0. The summed E-state index contributed by atoms with van der Waals surface area (Å²) in [4.78, 5) is 15.2. The van der Waals surface area contributed by atoms with Crippen molar-refractivity contribution < 1.29 is 4.79 Å². The molecule has 1 heterocycles. The number of fused-ring (bicyclic) bond motifs is 1. The summed E-state index contributed by atoms with van der Waals surface area (Å²) in [5, 5.41) is 3.54. The Morgan fingerprint density at radius 2 is 1.86 bits per heavy atom. The molecule has 1 amide bonds. The van der Waals surface area contributed by atoms with Crippen LogP contribution < -0.4 is 5.32 Å². The highest BCUT2D eigenvalue weighted by Crippen LogP contribution is 2.33. The predicted molar refractivity (Wildman–Crippen MR) is 83.1 cm³/mol. The van der Waals surface area contributed by atoms with Gasteiger partial charge in [-0.3, -0.25) is 4.79 Å². The summed E-state index contributed by atoms with van der Waals surface area (Å²) in [5.41, 5.74) is 2.76. The minimum Gasteiger partial charge on any atom is -0.338 e. The van der Waals surface area contributed by atoms with Crippen molar-refractivity contribution in [2.24, 2.45) is 5.92 Å². The van der Waals surface area contributed by atoms with Gasteiger partial charge in [0.25, 0.3) is 0 Å². The Labute approximate surface area is 126 Å². The van der Waals surface area contributed by atoms with Gasteiger partial charge in [-0.15, -0.1) is 0 Å². The fraction of sp³-hybridized carbons (Fsp3) is 0.611. The van der Waals surface area contributed by atoms with E-state index in [0.717, 1.165) is 25.9 Å². The number of nitrogens with one attached hydrogen (secondary N) is 1. The molecule has 1 N–H and O–H groups in total. The largest absolute Gasteiger partial charge is 0.338 e. The Morgan fingerprint density at radius 3 is 2.43 bits per heavy atom. The van der Waals surface area contributed by atoms with E-state index in [1.54, 1.807) is 0 Å². The lowest BCUT2D eigenvalue weighted by Crippen LogP contribution is -2.45. The van der Waals surface area contributed by atoms with E-state index in [-0.39, 0.29) is 5.92 Å². The van der Waals surface area contributed by atoms with Gasteiger partial charge in [0.2, 0.25) is 5.91 Å².